The number of amides is 1. The molecule has 5 nitrogen and oxygen atoms in total. The first-order chi connectivity index (χ1) is 15.0. The zero-order chi connectivity index (χ0) is 22.1. The Hall–Kier alpha value is -3.98. The molecule has 0 aliphatic heterocycles. The van der Waals surface area contributed by atoms with Crippen molar-refractivity contribution in [2.75, 3.05) is 29.1 Å². The van der Waals surface area contributed by atoms with Crippen molar-refractivity contribution in [3.63, 3.8) is 0 Å². The highest BCUT2D eigenvalue weighted by Crippen LogP contribution is 2.27. The monoisotopic (exact) mass is 417 g/mol. The number of rotatable bonds is 6. The molecule has 3 aromatic rings. The summed E-state index contributed by atoms with van der Waals surface area (Å²) in [7, 11) is 0. The zero-order valence-electron chi connectivity index (χ0n) is 17.3. The predicted octanol–water partition coefficient (Wildman–Crippen LogP) is 5.03. The van der Waals surface area contributed by atoms with E-state index in [-0.39, 0.29) is 12.4 Å². The van der Waals surface area contributed by atoms with Gasteiger partial charge in [0.25, 0.3) is 0 Å². The molecule has 0 spiro atoms. The van der Waals surface area contributed by atoms with Crippen LogP contribution in [0.2, 0.25) is 0 Å². The lowest BCUT2D eigenvalue weighted by molar-refractivity contribution is 0.168. The van der Waals surface area contributed by atoms with E-state index in [9.17, 15) is 9.18 Å². The summed E-state index contributed by atoms with van der Waals surface area (Å²) >= 11 is 0. The van der Waals surface area contributed by atoms with Crippen LogP contribution in [0.3, 0.4) is 0 Å². The summed E-state index contributed by atoms with van der Waals surface area (Å²) in [5.41, 5.74) is 9.57. The van der Waals surface area contributed by atoms with Crippen LogP contribution in [0, 0.1) is 17.7 Å². The molecule has 0 aromatic heterocycles. The third-order valence-corrected chi connectivity index (χ3v) is 4.48. The third-order valence-electron chi connectivity index (χ3n) is 4.48. The molecule has 0 bridgehead atoms. The minimum absolute atomic E-state index is 0.261. The number of ether oxygens (including phenoxy) is 1. The van der Waals surface area contributed by atoms with Gasteiger partial charge in [0.1, 0.15) is 5.82 Å². The first-order valence-corrected chi connectivity index (χ1v) is 9.91. The topological polar surface area (TPSA) is 67.6 Å². The minimum Gasteiger partial charge on any atom is -0.450 e. The molecule has 158 valence electrons. The molecular formula is C25H24FN3O2. The largest absolute Gasteiger partial charge is 0.450 e. The van der Waals surface area contributed by atoms with Crippen molar-refractivity contribution in [2.24, 2.45) is 0 Å². The predicted molar refractivity (Wildman–Crippen MR) is 122 cm³/mol. The normalized spacial score (nSPS) is 10.0. The third kappa shape index (κ3) is 6.51. The van der Waals surface area contributed by atoms with E-state index < -0.39 is 6.09 Å². The summed E-state index contributed by atoms with van der Waals surface area (Å²) in [5.74, 6) is 6.05. The molecule has 0 aliphatic carbocycles. The van der Waals surface area contributed by atoms with Gasteiger partial charge in [0.15, 0.2) is 0 Å². The second-order valence-electron chi connectivity index (χ2n) is 6.77. The number of carbonyl (C=O) groups is 1. The average molecular weight is 417 g/mol. The molecule has 1 amide bonds. The van der Waals surface area contributed by atoms with Gasteiger partial charge in [-0.15, -0.1) is 0 Å². The lowest BCUT2D eigenvalue weighted by Crippen LogP contribution is -2.23. The fourth-order valence-electron chi connectivity index (χ4n) is 2.93. The average Bonchev–Trinajstić information content (AvgIpc) is 2.77. The Kier molecular flexibility index (Phi) is 7.50. The number of nitrogens with one attached hydrogen (secondary N) is 1. The second kappa shape index (κ2) is 10.7. The molecule has 0 fully saturated rings. The number of carbonyl (C=O) groups excluding carboxylic acids is 1. The Morgan fingerprint density at radius 3 is 2.55 bits per heavy atom. The smallest absolute Gasteiger partial charge is 0.411 e. The van der Waals surface area contributed by atoms with Crippen LogP contribution >= 0.6 is 0 Å². The summed E-state index contributed by atoms with van der Waals surface area (Å²) < 4.78 is 18.3. The highest BCUT2D eigenvalue weighted by Gasteiger charge is 2.12. The fraction of sp³-hybridized carbons (Fsp3) is 0.160. The van der Waals surface area contributed by atoms with E-state index in [1.165, 1.54) is 12.1 Å². The van der Waals surface area contributed by atoms with E-state index in [1.807, 2.05) is 41.3 Å². The van der Waals surface area contributed by atoms with Crippen LogP contribution in [-0.2, 0) is 11.3 Å². The Labute approximate surface area is 181 Å². The van der Waals surface area contributed by atoms with Gasteiger partial charge < -0.3 is 15.4 Å². The van der Waals surface area contributed by atoms with Gasteiger partial charge in [-0.05, 0) is 55.0 Å². The Morgan fingerprint density at radius 2 is 1.84 bits per heavy atom. The first kappa shape index (κ1) is 21.7. The number of hydrogen-bond donors (Lipinski definition) is 2. The standard InChI is InChI=1S/C25H24FN3O2/c1-2-31-25(30)28-24-17-22(14-15-23(24)27)29(18-20-10-12-21(26)13-11-20)16-6-9-19-7-4-3-5-8-19/h3-5,7-8,10-15,17H,2,16,18,27H2,1H3,(H,28,30). The van der Waals surface area contributed by atoms with Gasteiger partial charge in [0.05, 0.1) is 24.5 Å². The van der Waals surface area contributed by atoms with Crippen molar-refractivity contribution in [1.29, 1.82) is 0 Å². The summed E-state index contributed by atoms with van der Waals surface area (Å²) in [4.78, 5) is 13.9. The summed E-state index contributed by atoms with van der Waals surface area (Å²) in [5, 5.41) is 2.66. The Morgan fingerprint density at radius 1 is 1.10 bits per heavy atom. The fourth-order valence-corrected chi connectivity index (χ4v) is 2.93. The summed E-state index contributed by atoms with van der Waals surface area (Å²) in [6, 6.07) is 21.4. The van der Waals surface area contributed by atoms with E-state index in [2.05, 4.69) is 17.2 Å². The van der Waals surface area contributed by atoms with Crippen molar-refractivity contribution in [1.82, 2.24) is 0 Å². The number of nitrogens with two attached hydrogens (primary N) is 1. The van der Waals surface area contributed by atoms with Crippen molar-refractivity contribution < 1.29 is 13.9 Å². The van der Waals surface area contributed by atoms with Crippen LogP contribution in [0.1, 0.15) is 18.1 Å². The SMILES string of the molecule is CCOC(=O)Nc1cc(N(CC#Cc2ccccc2)Cc2ccc(F)cc2)ccc1N. The van der Waals surface area contributed by atoms with Crippen LogP contribution in [-0.4, -0.2) is 19.2 Å². The summed E-state index contributed by atoms with van der Waals surface area (Å²) in [6.45, 7) is 2.92. The van der Waals surface area contributed by atoms with Gasteiger partial charge in [0, 0.05) is 17.8 Å². The maximum Gasteiger partial charge on any atom is 0.411 e. The maximum absolute atomic E-state index is 13.3. The van der Waals surface area contributed by atoms with Crippen LogP contribution in [0.4, 0.5) is 26.2 Å². The number of halogens is 1. The number of hydrogen-bond acceptors (Lipinski definition) is 4. The molecule has 6 heteroatoms. The Balaban J connectivity index is 1.86. The van der Waals surface area contributed by atoms with Crippen molar-refractivity contribution >= 4 is 23.2 Å². The van der Waals surface area contributed by atoms with Gasteiger partial charge >= 0.3 is 6.09 Å². The number of benzene rings is 3. The van der Waals surface area contributed by atoms with E-state index in [4.69, 9.17) is 10.5 Å². The maximum atomic E-state index is 13.3. The highest BCUT2D eigenvalue weighted by molar-refractivity contribution is 5.90. The molecule has 31 heavy (non-hydrogen) atoms. The first-order valence-electron chi connectivity index (χ1n) is 9.91. The zero-order valence-corrected chi connectivity index (χ0v) is 17.3. The van der Waals surface area contributed by atoms with E-state index in [1.54, 1.807) is 31.2 Å². The van der Waals surface area contributed by atoms with Crippen LogP contribution in [0.5, 0.6) is 0 Å². The number of nitrogen functional groups attached to an aromatic ring is 1. The van der Waals surface area contributed by atoms with E-state index in [0.717, 1.165) is 16.8 Å². The second-order valence-corrected chi connectivity index (χ2v) is 6.77. The van der Waals surface area contributed by atoms with Crippen molar-refractivity contribution in [3.8, 4) is 11.8 Å². The van der Waals surface area contributed by atoms with Crippen molar-refractivity contribution in [2.45, 2.75) is 13.5 Å². The van der Waals surface area contributed by atoms with Crippen LogP contribution in [0.15, 0.2) is 72.8 Å². The molecule has 3 aromatic carbocycles. The molecule has 0 unspecified atom stereocenters. The number of anilines is 3. The number of nitrogens with zero attached hydrogens (tertiary/aromatic N) is 1. The van der Waals surface area contributed by atoms with Gasteiger partial charge in [-0.2, -0.15) is 0 Å². The van der Waals surface area contributed by atoms with E-state index in [0.29, 0.717) is 24.5 Å². The van der Waals surface area contributed by atoms with Crippen LogP contribution < -0.4 is 16.0 Å². The van der Waals surface area contributed by atoms with Crippen LogP contribution in [0.25, 0.3) is 0 Å². The molecule has 0 atom stereocenters. The molecule has 0 saturated carbocycles. The molecule has 0 radical (unpaired) electrons. The molecule has 0 saturated heterocycles. The van der Waals surface area contributed by atoms with Gasteiger partial charge in [-0.1, -0.05) is 42.2 Å². The van der Waals surface area contributed by atoms with Gasteiger partial charge in [-0.25, -0.2) is 9.18 Å². The quantitative estimate of drug-likeness (QED) is 0.436. The summed E-state index contributed by atoms with van der Waals surface area (Å²) in [6.07, 6.45) is -0.569. The minimum atomic E-state index is -0.569. The molecular weight excluding hydrogens is 393 g/mol. The Bertz CT molecular complexity index is 1070. The lowest BCUT2D eigenvalue weighted by atomic mass is 10.1. The highest BCUT2D eigenvalue weighted by atomic mass is 19.1. The molecule has 3 rings (SSSR count). The van der Waals surface area contributed by atoms with E-state index >= 15 is 0 Å². The van der Waals surface area contributed by atoms with Crippen molar-refractivity contribution in [3.05, 3.63) is 89.7 Å². The van der Waals surface area contributed by atoms with Gasteiger partial charge in [0.2, 0.25) is 0 Å². The lowest BCUT2D eigenvalue weighted by Gasteiger charge is -2.24. The molecule has 0 heterocycles. The molecule has 3 N–H and O–H groups in total. The molecule has 0 aliphatic rings. The van der Waals surface area contributed by atoms with Gasteiger partial charge in [-0.3, -0.25) is 5.32 Å².